The summed E-state index contributed by atoms with van der Waals surface area (Å²) < 4.78 is 5.93. The summed E-state index contributed by atoms with van der Waals surface area (Å²) >= 11 is 7.48. The van der Waals surface area contributed by atoms with Crippen LogP contribution < -0.4 is 5.32 Å². The first-order chi connectivity index (χ1) is 18.7. The van der Waals surface area contributed by atoms with Crippen LogP contribution in [0.2, 0.25) is 4.34 Å². The van der Waals surface area contributed by atoms with Crippen LogP contribution in [0, 0.1) is 10.1 Å². The molecule has 5 rings (SSSR count). The molecule has 3 aromatic carbocycles. The van der Waals surface area contributed by atoms with E-state index in [9.17, 15) is 19.7 Å². The van der Waals surface area contributed by atoms with Crippen molar-refractivity contribution in [2.24, 2.45) is 0 Å². The predicted octanol–water partition coefficient (Wildman–Crippen LogP) is 8.57. The van der Waals surface area contributed by atoms with Crippen LogP contribution in [-0.2, 0) is 14.9 Å². The van der Waals surface area contributed by atoms with Gasteiger partial charge in [0.25, 0.3) is 5.69 Å². The second-order valence-electron chi connectivity index (χ2n) is 9.58. The quantitative estimate of drug-likeness (QED) is 0.172. The maximum atomic E-state index is 12.6. The number of carbonyl (C=O) groups is 2. The number of nitro benzene ring substituents is 1. The van der Waals surface area contributed by atoms with Gasteiger partial charge in [-0.05, 0) is 55.5 Å². The zero-order valence-electron chi connectivity index (χ0n) is 21.3. The van der Waals surface area contributed by atoms with Gasteiger partial charge in [-0.1, -0.05) is 72.3 Å². The van der Waals surface area contributed by atoms with E-state index in [2.05, 4.69) is 5.32 Å². The number of carbonyl (C=O) groups excluding carboxylic acids is 2. The van der Waals surface area contributed by atoms with Gasteiger partial charge in [0, 0.05) is 11.6 Å². The maximum absolute atomic E-state index is 12.6. The van der Waals surface area contributed by atoms with E-state index in [-0.39, 0.29) is 11.5 Å². The minimum absolute atomic E-state index is 0.0799. The fraction of sp³-hybridized carbons (Fsp3) is 0.200. The minimum Gasteiger partial charge on any atom is -0.441 e. The summed E-state index contributed by atoms with van der Waals surface area (Å²) in [6.45, 7) is 3.38. The molecule has 198 valence electrons. The first kappa shape index (κ1) is 26.6. The summed E-state index contributed by atoms with van der Waals surface area (Å²) in [7, 11) is 0. The van der Waals surface area contributed by atoms with E-state index in [0.29, 0.717) is 31.6 Å². The Labute approximate surface area is 234 Å². The molecule has 1 amide bonds. The van der Waals surface area contributed by atoms with Gasteiger partial charge in [-0.15, -0.1) is 11.3 Å². The monoisotopic (exact) mass is 560 g/mol. The number of Topliss-reactive ketones (excluding diaryl/α,β-unsaturated/α-hetero) is 1. The molecule has 0 radical (unpaired) electrons. The molecule has 1 aromatic heterocycles. The summed E-state index contributed by atoms with van der Waals surface area (Å²) in [5.41, 5.74) is 3.38. The van der Waals surface area contributed by atoms with Crippen molar-refractivity contribution in [3.8, 4) is 21.6 Å². The number of hydrogen-bond donors (Lipinski definition) is 1. The molecule has 4 aromatic rings. The van der Waals surface area contributed by atoms with Crippen LogP contribution in [0.4, 0.5) is 16.2 Å². The lowest BCUT2D eigenvalue weighted by molar-refractivity contribution is -0.384. The van der Waals surface area contributed by atoms with E-state index >= 15 is 0 Å². The predicted molar refractivity (Wildman–Crippen MR) is 153 cm³/mol. The zero-order chi connectivity index (χ0) is 27.7. The number of amides is 1. The molecular weight excluding hydrogens is 536 g/mol. The molecule has 0 saturated heterocycles. The number of nitro groups is 1. The Morgan fingerprint density at radius 1 is 1.03 bits per heavy atom. The number of halogens is 1. The van der Waals surface area contributed by atoms with Crippen LogP contribution in [0.25, 0.3) is 21.6 Å². The Balaban J connectivity index is 1.40. The normalized spacial score (nSPS) is 14.3. The fourth-order valence-electron chi connectivity index (χ4n) is 4.77. The summed E-state index contributed by atoms with van der Waals surface area (Å²) in [5.74, 6) is 0.142. The zero-order valence-corrected chi connectivity index (χ0v) is 22.8. The molecule has 0 aliphatic heterocycles. The van der Waals surface area contributed by atoms with Gasteiger partial charge in [0.15, 0.2) is 0 Å². The Morgan fingerprint density at radius 2 is 1.69 bits per heavy atom. The third-order valence-corrected chi connectivity index (χ3v) is 8.43. The molecule has 1 N–H and O–H groups in total. The lowest BCUT2D eigenvalue weighted by atomic mass is 9.90. The van der Waals surface area contributed by atoms with Crippen LogP contribution in [0.5, 0.6) is 0 Å². The maximum Gasteiger partial charge on any atom is 0.412 e. The highest BCUT2D eigenvalue weighted by molar-refractivity contribution is 7.20. The average molecular weight is 561 g/mol. The molecule has 0 bridgehead atoms. The second kappa shape index (κ2) is 10.6. The molecule has 1 saturated carbocycles. The van der Waals surface area contributed by atoms with Gasteiger partial charge in [0.2, 0.25) is 0 Å². The smallest absolute Gasteiger partial charge is 0.412 e. The van der Waals surface area contributed by atoms with E-state index in [4.69, 9.17) is 16.3 Å². The highest BCUT2D eigenvalue weighted by Crippen LogP contribution is 2.49. The number of nitrogens with one attached hydrogen (secondary N) is 1. The fourth-order valence-corrected chi connectivity index (χ4v) is 5.94. The van der Waals surface area contributed by atoms with Crippen molar-refractivity contribution in [2.75, 3.05) is 5.32 Å². The standard InChI is InChI=1S/C30H25ClN2O5S/c1-18(20-6-4-3-5-7-20)38-29(35)32-25-17-27(31)39-28(25)22-10-13-24(26(16-22)33(36)37)21-8-11-23(12-9-21)30(14-15-30)19(2)34/h3-13,16-18H,14-15H2,1-2H3,(H,32,35)/t18-/m1/s1. The van der Waals surface area contributed by atoms with Crippen LogP contribution >= 0.6 is 22.9 Å². The van der Waals surface area contributed by atoms with Crippen molar-refractivity contribution in [3.05, 3.63) is 104 Å². The van der Waals surface area contributed by atoms with Gasteiger partial charge in [0.1, 0.15) is 11.9 Å². The molecule has 7 nitrogen and oxygen atoms in total. The number of anilines is 1. The number of thiophene rings is 1. The summed E-state index contributed by atoms with van der Waals surface area (Å²) in [6.07, 6.45) is 0.525. The third kappa shape index (κ3) is 5.44. The van der Waals surface area contributed by atoms with E-state index in [0.717, 1.165) is 24.0 Å². The largest absolute Gasteiger partial charge is 0.441 e. The van der Waals surface area contributed by atoms with E-state index in [1.165, 1.54) is 17.4 Å². The number of hydrogen-bond acceptors (Lipinski definition) is 6. The number of rotatable bonds is 8. The van der Waals surface area contributed by atoms with Crippen LogP contribution in [0.3, 0.4) is 0 Å². The molecular formula is C30H25ClN2O5S. The molecule has 39 heavy (non-hydrogen) atoms. The Morgan fingerprint density at radius 3 is 2.31 bits per heavy atom. The number of ketones is 1. The van der Waals surface area contributed by atoms with Gasteiger partial charge < -0.3 is 4.74 Å². The van der Waals surface area contributed by atoms with Crippen molar-refractivity contribution in [1.82, 2.24) is 0 Å². The SMILES string of the molecule is CC(=O)C1(c2ccc(-c3ccc(-c4sc(Cl)cc4NC(=O)O[C@H](C)c4ccccc4)cc3[N+](=O)[O-])cc2)CC1. The molecule has 0 spiro atoms. The Kier molecular flexibility index (Phi) is 7.25. The summed E-state index contributed by atoms with van der Waals surface area (Å²) in [6, 6.07) is 23.3. The van der Waals surface area contributed by atoms with Gasteiger partial charge in [-0.25, -0.2) is 4.79 Å². The van der Waals surface area contributed by atoms with Crippen molar-refractivity contribution >= 4 is 46.2 Å². The summed E-state index contributed by atoms with van der Waals surface area (Å²) in [5, 5.41) is 14.8. The molecule has 1 aliphatic carbocycles. The highest BCUT2D eigenvalue weighted by atomic mass is 35.5. The average Bonchev–Trinajstić information content (AvgIpc) is 3.67. The van der Waals surface area contributed by atoms with Crippen molar-refractivity contribution in [2.45, 2.75) is 38.2 Å². The molecule has 1 atom stereocenters. The number of ether oxygens (including phenoxy) is 1. The van der Waals surface area contributed by atoms with E-state index < -0.39 is 22.5 Å². The van der Waals surface area contributed by atoms with Crippen LogP contribution in [0.15, 0.2) is 78.9 Å². The van der Waals surface area contributed by atoms with E-state index in [1.54, 1.807) is 32.0 Å². The van der Waals surface area contributed by atoms with Gasteiger partial charge in [-0.2, -0.15) is 0 Å². The van der Waals surface area contributed by atoms with Crippen molar-refractivity contribution < 1.29 is 19.2 Å². The molecule has 0 unspecified atom stereocenters. The number of benzene rings is 3. The molecule has 1 fully saturated rings. The van der Waals surface area contributed by atoms with Gasteiger partial charge in [0.05, 0.1) is 30.8 Å². The molecule has 1 aliphatic rings. The first-order valence-electron chi connectivity index (χ1n) is 12.4. The lowest BCUT2D eigenvalue weighted by Crippen LogP contribution is -2.16. The minimum atomic E-state index is -0.660. The van der Waals surface area contributed by atoms with Gasteiger partial charge >= 0.3 is 6.09 Å². The van der Waals surface area contributed by atoms with Gasteiger partial charge in [-0.3, -0.25) is 20.2 Å². The topological polar surface area (TPSA) is 98.5 Å². The third-order valence-electron chi connectivity index (χ3n) is 7.12. The lowest BCUT2D eigenvalue weighted by Gasteiger charge is -2.14. The molecule has 9 heteroatoms. The van der Waals surface area contributed by atoms with Crippen molar-refractivity contribution in [3.63, 3.8) is 0 Å². The van der Waals surface area contributed by atoms with Crippen LogP contribution in [0.1, 0.15) is 43.9 Å². The highest BCUT2D eigenvalue weighted by Gasteiger charge is 2.48. The Bertz CT molecular complexity index is 1560. The molecule has 1 heterocycles. The first-order valence-corrected chi connectivity index (χ1v) is 13.6. The second-order valence-corrected chi connectivity index (χ2v) is 11.3. The Hall–Kier alpha value is -4.01. The van der Waals surface area contributed by atoms with Crippen LogP contribution in [-0.4, -0.2) is 16.8 Å². The summed E-state index contributed by atoms with van der Waals surface area (Å²) in [4.78, 5) is 37.0. The number of nitrogens with zero attached hydrogens (tertiary/aromatic N) is 1. The van der Waals surface area contributed by atoms with E-state index in [1.807, 2.05) is 54.6 Å². The van der Waals surface area contributed by atoms with Crippen molar-refractivity contribution in [1.29, 1.82) is 0 Å².